The van der Waals surface area contributed by atoms with Crippen LogP contribution >= 0.6 is 11.8 Å². The summed E-state index contributed by atoms with van der Waals surface area (Å²) in [6.07, 6.45) is 11.4. The van der Waals surface area contributed by atoms with Gasteiger partial charge in [0.05, 0.1) is 24.6 Å². The maximum atomic E-state index is 9.77. The normalized spacial score (nSPS) is 21.3. The number of methoxy groups -OCH3 is 1. The number of allylic oxidation sites excluding steroid dienone is 5. The molecule has 150 valence electrons. The number of benzene rings is 1. The smallest absolute Gasteiger partial charge is 0.121 e. The average Bonchev–Trinajstić information content (AvgIpc) is 2.94. The fourth-order valence-electron chi connectivity index (χ4n) is 4.22. The zero-order valence-electron chi connectivity index (χ0n) is 16.8. The third-order valence-electron chi connectivity index (χ3n) is 5.69. The van der Waals surface area contributed by atoms with Gasteiger partial charge in [0.25, 0.3) is 0 Å². The van der Waals surface area contributed by atoms with Gasteiger partial charge >= 0.3 is 0 Å². The third-order valence-corrected chi connectivity index (χ3v) is 6.88. The van der Waals surface area contributed by atoms with Crippen molar-refractivity contribution in [2.45, 2.75) is 37.2 Å². The molecule has 1 unspecified atom stereocenters. The summed E-state index contributed by atoms with van der Waals surface area (Å²) in [4.78, 5) is 7.70. The minimum atomic E-state index is -0.110. The van der Waals surface area contributed by atoms with Gasteiger partial charge in [-0.05, 0) is 43.4 Å². The molecule has 1 fully saturated rings. The molecule has 0 radical (unpaired) electrons. The average molecular weight is 399 g/mol. The molecule has 5 heteroatoms. The van der Waals surface area contributed by atoms with Crippen molar-refractivity contribution in [3.8, 4) is 5.75 Å². The second kappa shape index (κ2) is 8.76. The summed E-state index contributed by atoms with van der Waals surface area (Å²) in [7, 11) is 1.73. The predicted molar refractivity (Wildman–Crippen MR) is 117 cm³/mol. The van der Waals surface area contributed by atoms with Crippen LogP contribution in [0.3, 0.4) is 0 Å². The maximum Gasteiger partial charge on any atom is 0.121 e. The fraction of sp³-hybridized carbons (Fsp3) is 0.478. The zero-order chi connectivity index (χ0) is 19.5. The summed E-state index contributed by atoms with van der Waals surface area (Å²) >= 11 is 1.88. The molecule has 2 heterocycles. The lowest BCUT2D eigenvalue weighted by atomic mass is 10.0. The van der Waals surface area contributed by atoms with Crippen molar-refractivity contribution in [2.75, 3.05) is 38.2 Å². The Morgan fingerprint density at radius 2 is 2.04 bits per heavy atom. The number of hydrogen-bond acceptors (Lipinski definition) is 5. The first-order valence-corrected chi connectivity index (χ1v) is 11.1. The molecule has 1 aliphatic carbocycles. The molecule has 0 amide bonds. The number of piperidine rings is 1. The van der Waals surface area contributed by atoms with Crippen molar-refractivity contribution in [2.24, 2.45) is 5.92 Å². The first-order chi connectivity index (χ1) is 13.6. The van der Waals surface area contributed by atoms with Gasteiger partial charge in [0.15, 0.2) is 0 Å². The Balaban J connectivity index is 1.56. The Morgan fingerprint density at radius 1 is 1.21 bits per heavy atom. The van der Waals surface area contributed by atoms with Crippen LogP contribution in [0.25, 0.3) is 0 Å². The second-order valence-electron chi connectivity index (χ2n) is 7.98. The molecule has 0 spiro atoms. The summed E-state index contributed by atoms with van der Waals surface area (Å²) in [5.41, 5.74) is 2.56. The molecular weight excluding hydrogens is 368 g/mol. The molecule has 4 rings (SSSR count). The second-order valence-corrected chi connectivity index (χ2v) is 9.12. The molecule has 0 bridgehead atoms. The van der Waals surface area contributed by atoms with E-state index in [9.17, 15) is 5.11 Å². The van der Waals surface area contributed by atoms with Crippen molar-refractivity contribution < 1.29 is 9.84 Å². The van der Waals surface area contributed by atoms with Crippen LogP contribution in [-0.2, 0) is 0 Å². The molecule has 28 heavy (non-hydrogen) atoms. The predicted octanol–water partition coefficient (Wildman–Crippen LogP) is 4.43. The number of ether oxygens (including phenoxy) is 1. The summed E-state index contributed by atoms with van der Waals surface area (Å²) in [5.74, 6) is 1.43. The van der Waals surface area contributed by atoms with E-state index in [-0.39, 0.29) is 6.10 Å². The number of aliphatic hydroxyl groups is 1. The standard InChI is InChI=1S/C23H30N2O2S/c1-17(15-24-12-10-18(26)11-13-24)16-25-20-6-4-3-5-7-22(20)28-23-9-8-19(27-2)14-21(23)25/h3-6,8-9,14,17-18,26H,7,10-13,15-16H2,1-2H3. The Labute approximate surface area is 172 Å². The molecule has 1 saturated heterocycles. The van der Waals surface area contributed by atoms with Crippen molar-refractivity contribution in [3.05, 3.63) is 53.1 Å². The summed E-state index contributed by atoms with van der Waals surface area (Å²) < 4.78 is 5.51. The van der Waals surface area contributed by atoms with E-state index in [1.54, 1.807) is 7.11 Å². The lowest BCUT2D eigenvalue weighted by Gasteiger charge is -2.37. The highest BCUT2D eigenvalue weighted by Crippen LogP contribution is 2.47. The van der Waals surface area contributed by atoms with Crippen LogP contribution < -0.4 is 9.64 Å². The van der Waals surface area contributed by atoms with Gasteiger partial charge in [-0.3, -0.25) is 0 Å². The van der Waals surface area contributed by atoms with Crippen LogP contribution in [-0.4, -0.2) is 49.4 Å². The quantitative estimate of drug-likeness (QED) is 0.794. The van der Waals surface area contributed by atoms with Crippen LogP contribution in [0.1, 0.15) is 26.2 Å². The number of likely N-dealkylation sites (tertiary alicyclic amines) is 1. The van der Waals surface area contributed by atoms with Gasteiger partial charge < -0.3 is 19.6 Å². The summed E-state index contributed by atoms with van der Waals surface area (Å²) in [5, 5.41) is 9.77. The Kier molecular flexibility index (Phi) is 6.14. The highest BCUT2D eigenvalue weighted by Gasteiger charge is 2.27. The number of fused-ring (bicyclic) bond motifs is 1. The number of anilines is 1. The molecule has 2 aliphatic heterocycles. The van der Waals surface area contributed by atoms with E-state index in [2.05, 4.69) is 59.2 Å². The molecule has 1 aromatic rings. The van der Waals surface area contributed by atoms with Gasteiger partial charge in [-0.2, -0.15) is 0 Å². The lowest BCUT2D eigenvalue weighted by molar-refractivity contribution is 0.0765. The number of rotatable bonds is 5. The van der Waals surface area contributed by atoms with Crippen molar-refractivity contribution in [1.82, 2.24) is 4.90 Å². The number of aliphatic hydroxyl groups excluding tert-OH is 1. The molecule has 0 aromatic heterocycles. The lowest BCUT2D eigenvalue weighted by Crippen LogP contribution is -2.41. The Hall–Kier alpha value is -1.69. The topological polar surface area (TPSA) is 35.9 Å². The van der Waals surface area contributed by atoms with Crippen molar-refractivity contribution in [3.63, 3.8) is 0 Å². The summed E-state index contributed by atoms with van der Waals surface area (Å²) in [6.45, 7) is 6.39. The van der Waals surface area contributed by atoms with Crippen LogP contribution in [0.2, 0.25) is 0 Å². The van der Waals surface area contributed by atoms with Gasteiger partial charge in [0.2, 0.25) is 0 Å². The highest BCUT2D eigenvalue weighted by molar-refractivity contribution is 8.03. The molecule has 1 aromatic carbocycles. The molecule has 1 atom stereocenters. The molecule has 0 saturated carbocycles. The van der Waals surface area contributed by atoms with E-state index in [0.29, 0.717) is 5.92 Å². The summed E-state index contributed by atoms with van der Waals surface area (Å²) in [6, 6.07) is 6.41. The van der Waals surface area contributed by atoms with E-state index < -0.39 is 0 Å². The van der Waals surface area contributed by atoms with Crippen molar-refractivity contribution in [1.29, 1.82) is 0 Å². The van der Waals surface area contributed by atoms with Crippen molar-refractivity contribution >= 4 is 17.4 Å². The Morgan fingerprint density at radius 3 is 2.82 bits per heavy atom. The third kappa shape index (κ3) is 4.32. The molecule has 4 nitrogen and oxygen atoms in total. The molecule has 3 aliphatic rings. The SMILES string of the molecule is COc1ccc2c(c1)N(CC(C)CN1CCC(O)CC1)C1=C(CC=CC=C1)S2. The van der Waals surface area contributed by atoms with Crippen LogP contribution in [0.5, 0.6) is 5.75 Å². The molecular formula is C23H30N2O2S. The van der Waals surface area contributed by atoms with E-state index in [1.165, 1.54) is 21.2 Å². The largest absolute Gasteiger partial charge is 0.497 e. The van der Waals surface area contributed by atoms with Gasteiger partial charge in [-0.1, -0.05) is 36.9 Å². The highest BCUT2D eigenvalue weighted by atomic mass is 32.2. The molecule has 1 N–H and O–H groups in total. The van der Waals surface area contributed by atoms with Crippen LogP contribution in [0, 0.1) is 5.92 Å². The minimum Gasteiger partial charge on any atom is -0.497 e. The minimum absolute atomic E-state index is 0.110. The van der Waals surface area contributed by atoms with Gasteiger partial charge in [-0.25, -0.2) is 0 Å². The van der Waals surface area contributed by atoms with Gasteiger partial charge in [0, 0.05) is 42.0 Å². The van der Waals surface area contributed by atoms with E-state index >= 15 is 0 Å². The monoisotopic (exact) mass is 398 g/mol. The maximum absolute atomic E-state index is 9.77. The Bertz CT molecular complexity index is 794. The van der Waals surface area contributed by atoms with Gasteiger partial charge in [0.1, 0.15) is 5.75 Å². The number of thioether (sulfide) groups is 1. The fourth-order valence-corrected chi connectivity index (χ4v) is 5.36. The zero-order valence-corrected chi connectivity index (χ0v) is 17.6. The van der Waals surface area contributed by atoms with Gasteiger partial charge in [-0.15, -0.1) is 0 Å². The van der Waals surface area contributed by atoms with E-state index in [4.69, 9.17) is 4.74 Å². The van der Waals surface area contributed by atoms with E-state index in [0.717, 1.165) is 51.2 Å². The van der Waals surface area contributed by atoms with Crippen LogP contribution in [0.15, 0.2) is 58.0 Å². The first-order valence-electron chi connectivity index (χ1n) is 10.2. The number of hydrogen-bond donors (Lipinski definition) is 1. The van der Waals surface area contributed by atoms with Crippen LogP contribution in [0.4, 0.5) is 5.69 Å². The first kappa shape index (κ1) is 19.6. The number of nitrogens with zero attached hydrogens (tertiary/aromatic N) is 2. The van der Waals surface area contributed by atoms with E-state index in [1.807, 2.05) is 11.8 Å².